The Morgan fingerprint density at radius 3 is 2.44 bits per heavy atom. The summed E-state index contributed by atoms with van der Waals surface area (Å²) in [5.41, 5.74) is 4.74. The predicted molar refractivity (Wildman–Crippen MR) is 97.1 cm³/mol. The van der Waals surface area contributed by atoms with Crippen molar-refractivity contribution in [1.82, 2.24) is 9.78 Å². The molecule has 0 fully saturated rings. The number of benzene rings is 2. The van der Waals surface area contributed by atoms with Crippen LogP contribution in [-0.4, -0.2) is 22.0 Å². The Hall–Kier alpha value is -3.21. The number of amides is 1. The maximum Gasteiger partial charge on any atom is 0.291 e. The molecule has 1 amide bonds. The monoisotopic (exact) mass is 333 g/mol. The van der Waals surface area contributed by atoms with Crippen LogP contribution in [0.4, 0.5) is 5.69 Å². The Morgan fingerprint density at radius 2 is 1.84 bits per heavy atom. The summed E-state index contributed by atoms with van der Waals surface area (Å²) in [6.45, 7) is 2.27. The minimum Gasteiger partial charge on any atom is -0.301 e. The van der Waals surface area contributed by atoms with Gasteiger partial charge in [0, 0.05) is 24.5 Å². The number of rotatable bonds is 5. The lowest BCUT2D eigenvalue weighted by Gasteiger charge is -2.22. The number of hydrogen-bond acceptors (Lipinski definition) is 3. The Bertz CT molecular complexity index is 897. The third-order valence-electron chi connectivity index (χ3n) is 4.11. The second kappa shape index (κ2) is 7.13. The zero-order chi connectivity index (χ0) is 17.8. The number of aryl methyl sites for hydroxylation is 2. The van der Waals surface area contributed by atoms with E-state index in [0.29, 0.717) is 12.8 Å². The van der Waals surface area contributed by atoms with Crippen molar-refractivity contribution < 1.29 is 9.59 Å². The van der Waals surface area contributed by atoms with Crippen molar-refractivity contribution in [2.75, 3.05) is 4.90 Å². The second-order valence-electron chi connectivity index (χ2n) is 5.93. The third-order valence-corrected chi connectivity index (χ3v) is 4.11. The number of hydrogen-bond donors (Lipinski definition) is 0. The molecule has 0 radical (unpaired) electrons. The van der Waals surface area contributed by atoms with E-state index in [1.165, 1.54) is 4.90 Å². The SMILES string of the molecule is Cc1ccccc1N(Cc1ccc(-c2cnn(C)c2)cc1)C(=O)C=O. The maximum absolute atomic E-state index is 12.1. The molecule has 5 nitrogen and oxygen atoms in total. The summed E-state index contributed by atoms with van der Waals surface area (Å²) in [5.74, 6) is -0.550. The zero-order valence-corrected chi connectivity index (χ0v) is 14.2. The standard InChI is InChI=1S/C20H19N3O2/c1-15-5-3-4-6-19(15)23(20(25)14-24)12-16-7-9-17(10-8-16)18-11-21-22(2)13-18/h3-11,13-14H,12H2,1-2H3. The predicted octanol–water partition coefficient (Wildman–Crippen LogP) is 3.13. The number of para-hydroxylation sites is 1. The van der Waals surface area contributed by atoms with Crippen LogP contribution in [-0.2, 0) is 23.2 Å². The highest BCUT2D eigenvalue weighted by Crippen LogP contribution is 2.23. The van der Waals surface area contributed by atoms with Crippen LogP contribution >= 0.6 is 0 Å². The highest BCUT2D eigenvalue weighted by Gasteiger charge is 2.17. The van der Waals surface area contributed by atoms with E-state index in [0.717, 1.165) is 27.9 Å². The van der Waals surface area contributed by atoms with E-state index >= 15 is 0 Å². The van der Waals surface area contributed by atoms with Gasteiger partial charge in [-0.15, -0.1) is 0 Å². The molecule has 5 heteroatoms. The van der Waals surface area contributed by atoms with Gasteiger partial charge < -0.3 is 4.90 Å². The molecule has 1 heterocycles. The molecule has 0 aliphatic heterocycles. The first-order valence-corrected chi connectivity index (χ1v) is 7.99. The molecule has 0 bridgehead atoms. The van der Waals surface area contributed by atoms with E-state index in [1.54, 1.807) is 4.68 Å². The van der Waals surface area contributed by atoms with Crippen LogP contribution in [0, 0.1) is 6.92 Å². The molecule has 0 aliphatic carbocycles. The first-order valence-electron chi connectivity index (χ1n) is 7.99. The average molecular weight is 333 g/mol. The molecular formula is C20H19N3O2. The van der Waals surface area contributed by atoms with Crippen LogP contribution < -0.4 is 4.90 Å². The number of nitrogens with zero attached hydrogens (tertiary/aromatic N) is 3. The minimum atomic E-state index is -0.550. The fourth-order valence-electron chi connectivity index (χ4n) is 2.77. The normalized spacial score (nSPS) is 10.5. The quantitative estimate of drug-likeness (QED) is 0.532. The summed E-state index contributed by atoms with van der Waals surface area (Å²) in [6, 6.07) is 15.5. The van der Waals surface area contributed by atoms with Crippen molar-refractivity contribution in [3.63, 3.8) is 0 Å². The fraction of sp³-hybridized carbons (Fsp3) is 0.150. The van der Waals surface area contributed by atoms with E-state index in [1.807, 2.05) is 74.9 Å². The summed E-state index contributed by atoms with van der Waals surface area (Å²) in [5, 5.41) is 4.17. The molecule has 0 unspecified atom stereocenters. The molecule has 126 valence electrons. The maximum atomic E-state index is 12.1. The molecular weight excluding hydrogens is 314 g/mol. The van der Waals surface area contributed by atoms with Crippen molar-refractivity contribution in [3.8, 4) is 11.1 Å². The Balaban J connectivity index is 1.86. The van der Waals surface area contributed by atoms with Gasteiger partial charge in [-0.2, -0.15) is 5.10 Å². The molecule has 0 saturated carbocycles. The number of anilines is 1. The first-order chi connectivity index (χ1) is 12.1. The lowest BCUT2D eigenvalue weighted by Crippen LogP contribution is -2.31. The fourth-order valence-corrected chi connectivity index (χ4v) is 2.77. The van der Waals surface area contributed by atoms with Crippen LogP contribution in [0.15, 0.2) is 60.9 Å². The first kappa shape index (κ1) is 16.6. The van der Waals surface area contributed by atoms with Crippen molar-refractivity contribution in [2.24, 2.45) is 7.05 Å². The minimum absolute atomic E-state index is 0.343. The summed E-state index contributed by atoms with van der Waals surface area (Å²) in [7, 11) is 1.88. The Labute approximate surface area is 146 Å². The molecule has 1 aromatic heterocycles. The van der Waals surface area contributed by atoms with Crippen LogP contribution in [0.1, 0.15) is 11.1 Å². The van der Waals surface area contributed by atoms with Gasteiger partial charge in [0.2, 0.25) is 6.29 Å². The van der Waals surface area contributed by atoms with Crippen molar-refractivity contribution >= 4 is 17.9 Å². The van der Waals surface area contributed by atoms with Gasteiger partial charge in [0.25, 0.3) is 5.91 Å². The smallest absolute Gasteiger partial charge is 0.291 e. The van der Waals surface area contributed by atoms with Gasteiger partial charge in [-0.1, -0.05) is 42.5 Å². The van der Waals surface area contributed by atoms with Crippen LogP contribution in [0.5, 0.6) is 0 Å². The molecule has 2 aromatic carbocycles. The molecule has 0 atom stereocenters. The lowest BCUT2D eigenvalue weighted by atomic mass is 10.1. The average Bonchev–Trinajstić information content (AvgIpc) is 3.07. The summed E-state index contributed by atoms with van der Waals surface area (Å²) in [6.07, 6.45) is 4.12. The Morgan fingerprint density at radius 1 is 1.12 bits per heavy atom. The van der Waals surface area contributed by atoms with Crippen molar-refractivity contribution in [3.05, 3.63) is 72.1 Å². The van der Waals surface area contributed by atoms with Crippen LogP contribution in [0.25, 0.3) is 11.1 Å². The Kier molecular flexibility index (Phi) is 4.75. The topological polar surface area (TPSA) is 55.2 Å². The van der Waals surface area contributed by atoms with Crippen LogP contribution in [0.3, 0.4) is 0 Å². The molecule has 0 N–H and O–H groups in total. The van der Waals surface area contributed by atoms with E-state index in [9.17, 15) is 9.59 Å². The molecule has 25 heavy (non-hydrogen) atoms. The van der Waals surface area contributed by atoms with Crippen molar-refractivity contribution in [1.29, 1.82) is 0 Å². The summed E-state index contributed by atoms with van der Waals surface area (Å²) >= 11 is 0. The van der Waals surface area contributed by atoms with Gasteiger partial charge in [-0.05, 0) is 29.7 Å². The zero-order valence-electron chi connectivity index (χ0n) is 14.2. The molecule has 0 aliphatic rings. The highest BCUT2D eigenvalue weighted by molar-refractivity contribution is 6.30. The largest absolute Gasteiger partial charge is 0.301 e. The van der Waals surface area contributed by atoms with E-state index in [4.69, 9.17) is 0 Å². The van der Waals surface area contributed by atoms with Gasteiger partial charge in [-0.25, -0.2) is 0 Å². The van der Waals surface area contributed by atoms with Gasteiger partial charge >= 0.3 is 0 Å². The lowest BCUT2D eigenvalue weighted by molar-refractivity contribution is -0.129. The molecule has 3 aromatic rings. The molecule has 0 saturated heterocycles. The van der Waals surface area contributed by atoms with E-state index in [2.05, 4.69) is 5.10 Å². The summed E-state index contributed by atoms with van der Waals surface area (Å²) < 4.78 is 1.76. The number of carbonyl (C=O) groups is 2. The van der Waals surface area contributed by atoms with E-state index in [-0.39, 0.29) is 0 Å². The van der Waals surface area contributed by atoms with Gasteiger partial charge in [0.15, 0.2) is 0 Å². The number of carbonyl (C=O) groups excluding carboxylic acids is 2. The molecule has 3 rings (SSSR count). The third kappa shape index (κ3) is 3.66. The molecule has 0 spiro atoms. The van der Waals surface area contributed by atoms with Gasteiger partial charge in [0.1, 0.15) is 0 Å². The number of aldehydes is 1. The highest BCUT2D eigenvalue weighted by atomic mass is 16.2. The second-order valence-corrected chi connectivity index (χ2v) is 5.93. The number of aromatic nitrogens is 2. The van der Waals surface area contributed by atoms with Gasteiger partial charge in [-0.3, -0.25) is 14.3 Å². The van der Waals surface area contributed by atoms with Gasteiger partial charge in [0.05, 0.1) is 12.7 Å². The van der Waals surface area contributed by atoms with Crippen molar-refractivity contribution in [2.45, 2.75) is 13.5 Å². The van der Waals surface area contributed by atoms with Crippen LogP contribution in [0.2, 0.25) is 0 Å². The van der Waals surface area contributed by atoms with E-state index < -0.39 is 5.91 Å². The summed E-state index contributed by atoms with van der Waals surface area (Å²) in [4.78, 5) is 24.7.